The molecule has 1 atom stereocenters. The van der Waals surface area contributed by atoms with Crippen molar-refractivity contribution in [2.45, 2.75) is 32.7 Å². The van der Waals surface area contributed by atoms with Crippen molar-refractivity contribution in [3.8, 4) is 5.88 Å². The van der Waals surface area contributed by atoms with Gasteiger partial charge < -0.3 is 15.4 Å². The van der Waals surface area contributed by atoms with Gasteiger partial charge in [-0.3, -0.25) is 4.79 Å². The van der Waals surface area contributed by atoms with E-state index in [2.05, 4.69) is 34.4 Å². The van der Waals surface area contributed by atoms with E-state index >= 15 is 0 Å². The SMILES string of the molecule is COc1ncc(Nc2cccc(F)c2)nc1C(=O)NC1CCC1(C)C. The maximum atomic E-state index is 13.3. The van der Waals surface area contributed by atoms with Crippen LogP contribution < -0.4 is 15.4 Å². The fourth-order valence-electron chi connectivity index (χ4n) is 2.81. The number of hydrogen-bond acceptors (Lipinski definition) is 5. The summed E-state index contributed by atoms with van der Waals surface area (Å²) in [4.78, 5) is 21.0. The molecule has 0 spiro atoms. The van der Waals surface area contributed by atoms with Crippen LogP contribution in [0.5, 0.6) is 5.88 Å². The van der Waals surface area contributed by atoms with Crippen molar-refractivity contribution >= 4 is 17.4 Å². The fraction of sp³-hybridized carbons (Fsp3) is 0.389. The Balaban J connectivity index is 1.81. The third-order valence-corrected chi connectivity index (χ3v) is 4.57. The molecule has 25 heavy (non-hydrogen) atoms. The van der Waals surface area contributed by atoms with E-state index in [1.54, 1.807) is 12.1 Å². The Kier molecular flexibility index (Phi) is 4.57. The second kappa shape index (κ2) is 6.66. The van der Waals surface area contributed by atoms with Crippen molar-refractivity contribution in [1.29, 1.82) is 0 Å². The molecule has 1 aliphatic carbocycles. The molecule has 132 valence electrons. The lowest BCUT2D eigenvalue weighted by molar-refractivity contribution is 0.0724. The molecule has 0 bridgehead atoms. The van der Waals surface area contributed by atoms with Crippen LogP contribution in [-0.4, -0.2) is 29.0 Å². The number of aromatic nitrogens is 2. The minimum atomic E-state index is -0.364. The van der Waals surface area contributed by atoms with E-state index < -0.39 is 0 Å². The van der Waals surface area contributed by atoms with Crippen LogP contribution in [-0.2, 0) is 0 Å². The van der Waals surface area contributed by atoms with E-state index in [0.29, 0.717) is 11.5 Å². The first kappa shape index (κ1) is 17.1. The number of rotatable bonds is 5. The Morgan fingerprint density at radius 1 is 1.40 bits per heavy atom. The number of benzene rings is 1. The van der Waals surface area contributed by atoms with Crippen LogP contribution in [0.1, 0.15) is 37.2 Å². The predicted molar refractivity (Wildman–Crippen MR) is 92.5 cm³/mol. The van der Waals surface area contributed by atoms with Crippen LogP contribution >= 0.6 is 0 Å². The van der Waals surface area contributed by atoms with Gasteiger partial charge in [-0.25, -0.2) is 14.4 Å². The van der Waals surface area contributed by atoms with Gasteiger partial charge in [-0.1, -0.05) is 19.9 Å². The largest absolute Gasteiger partial charge is 0.479 e. The molecule has 1 unspecified atom stereocenters. The first-order valence-electron chi connectivity index (χ1n) is 8.13. The smallest absolute Gasteiger partial charge is 0.275 e. The lowest BCUT2D eigenvalue weighted by Gasteiger charge is -2.44. The van der Waals surface area contributed by atoms with Crippen LogP contribution in [0.2, 0.25) is 0 Å². The van der Waals surface area contributed by atoms with Gasteiger partial charge in [0.1, 0.15) is 11.6 Å². The van der Waals surface area contributed by atoms with Crippen LogP contribution in [0.3, 0.4) is 0 Å². The van der Waals surface area contributed by atoms with E-state index in [4.69, 9.17) is 4.74 Å². The first-order chi connectivity index (χ1) is 11.9. The molecule has 1 amide bonds. The van der Waals surface area contributed by atoms with Crippen molar-refractivity contribution in [3.05, 3.63) is 42.0 Å². The number of carbonyl (C=O) groups excluding carboxylic acids is 1. The predicted octanol–water partition coefficient (Wildman–Crippen LogP) is 3.29. The standard InChI is InChI=1S/C18H21FN4O2/c1-18(2)8-7-13(18)22-16(24)15-17(25-3)20-10-14(23-15)21-12-6-4-5-11(19)9-12/h4-6,9-10,13H,7-8H2,1-3H3,(H,21,23)(H,22,24). The molecule has 2 N–H and O–H groups in total. The summed E-state index contributed by atoms with van der Waals surface area (Å²) in [5.41, 5.74) is 0.700. The third-order valence-electron chi connectivity index (χ3n) is 4.57. The molecular formula is C18H21FN4O2. The van der Waals surface area contributed by atoms with Gasteiger partial charge in [0.05, 0.1) is 13.3 Å². The number of hydrogen-bond donors (Lipinski definition) is 2. The number of halogens is 1. The van der Waals surface area contributed by atoms with Gasteiger partial charge >= 0.3 is 0 Å². The van der Waals surface area contributed by atoms with Gasteiger partial charge in [0.15, 0.2) is 5.69 Å². The average molecular weight is 344 g/mol. The van der Waals surface area contributed by atoms with Gasteiger partial charge in [0.2, 0.25) is 5.88 Å². The molecule has 1 aromatic heterocycles. The Morgan fingerprint density at radius 3 is 2.80 bits per heavy atom. The molecule has 6 nitrogen and oxygen atoms in total. The molecule has 1 fully saturated rings. The second-order valence-corrected chi connectivity index (χ2v) is 6.80. The molecule has 2 aromatic rings. The fourth-order valence-corrected chi connectivity index (χ4v) is 2.81. The first-order valence-corrected chi connectivity index (χ1v) is 8.13. The lowest BCUT2D eigenvalue weighted by Crippen LogP contribution is -2.52. The molecule has 1 heterocycles. The van der Waals surface area contributed by atoms with E-state index in [-0.39, 0.29) is 34.8 Å². The second-order valence-electron chi connectivity index (χ2n) is 6.80. The highest BCUT2D eigenvalue weighted by Crippen LogP contribution is 2.40. The van der Waals surface area contributed by atoms with Crippen LogP contribution in [0, 0.1) is 11.2 Å². The quantitative estimate of drug-likeness (QED) is 0.870. The molecule has 0 aliphatic heterocycles. The van der Waals surface area contributed by atoms with Crippen molar-refractivity contribution in [3.63, 3.8) is 0 Å². The summed E-state index contributed by atoms with van der Waals surface area (Å²) >= 11 is 0. The normalized spacial score (nSPS) is 18.2. The highest BCUT2D eigenvalue weighted by Gasteiger charge is 2.39. The summed E-state index contributed by atoms with van der Waals surface area (Å²) in [5, 5.41) is 5.93. The zero-order chi connectivity index (χ0) is 18.0. The van der Waals surface area contributed by atoms with Gasteiger partial charge in [0.25, 0.3) is 5.91 Å². The van der Waals surface area contributed by atoms with E-state index in [9.17, 15) is 9.18 Å². The lowest BCUT2D eigenvalue weighted by atomic mass is 9.67. The van der Waals surface area contributed by atoms with Gasteiger partial charge in [0, 0.05) is 11.7 Å². The molecule has 1 aliphatic rings. The molecule has 1 saturated carbocycles. The summed E-state index contributed by atoms with van der Waals surface area (Å²) < 4.78 is 18.5. The summed E-state index contributed by atoms with van der Waals surface area (Å²) in [7, 11) is 1.44. The van der Waals surface area contributed by atoms with E-state index in [1.165, 1.54) is 25.4 Å². The van der Waals surface area contributed by atoms with Crippen molar-refractivity contribution in [2.75, 3.05) is 12.4 Å². The summed E-state index contributed by atoms with van der Waals surface area (Å²) in [6.07, 6.45) is 3.45. The molecule has 0 radical (unpaired) electrons. The summed E-state index contributed by atoms with van der Waals surface area (Å²) in [6, 6.07) is 6.07. The zero-order valence-electron chi connectivity index (χ0n) is 14.5. The van der Waals surface area contributed by atoms with Crippen molar-refractivity contribution < 1.29 is 13.9 Å². The van der Waals surface area contributed by atoms with Crippen molar-refractivity contribution in [1.82, 2.24) is 15.3 Å². The molecule has 3 rings (SSSR count). The van der Waals surface area contributed by atoms with Crippen LogP contribution in [0.25, 0.3) is 0 Å². The Morgan fingerprint density at radius 2 is 2.20 bits per heavy atom. The summed E-state index contributed by atoms with van der Waals surface area (Å²) in [5.74, 6) is -0.203. The number of nitrogens with zero attached hydrogens (tertiary/aromatic N) is 2. The number of ether oxygens (including phenoxy) is 1. The van der Waals surface area contributed by atoms with Gasteiger partial charge in [-0.05, 0) is 36.5 Å². The monoisotopic (exact) mass is 344 g/mol. The molecular weight excluding hydrogens is 323 g/mol. The molecule has 7 heteroatoms. The number of nitrogens with one attached hydrogen (secondary N) is 2. The zero-order valence-corrected chi connectivity index (χ0v) is 14.5. The molecule has 0 saturated heterocycles. The maximum absolute atomic E-state index is 13.3. The Hall–Kier alpha value is -2.70. The Bertz CT molecular complexity index is 794. The third kappa shape index (κ3) is 3.70. The van der Waals surface area contributed by atoms with Crippen LogP contribution in [0.15, 0.2) is 30.5 Å². The van der Waals surface area contributed by atoms with Gasteiger partial charge in [-0.15, -0.1) is 0 Å². The van der Waals surface area contributed by atoms with Gasteiger partial charge in [-0.2, -0.15) is 0 Å². The maximum Gasteiger partial charge on any atom is 0.275 e. The topological polar surface area (TPSA) is 76.1 Å². The highest BCUT2D eigenvalue weighted by molar-refractivity contribution is 5.95. The summed E-state index contributed by atoms with van der Waals surface area (Å²) in [6.45, 7) is 4.23. The number of carbonyl (C=O) groups is 1. The minimum absolute atomic E-state index is 0.0771. The highest BCUT2D eigenvalue weighted by atomic mass is 19.1. The minimum Gasteiger partial charge on any atom is -0.479 e. The van der Waals surface area contributed by atoms with Crippen LogP contribution in [0.4, 0.5) is 15.9 Å². The number of anilines is 2. The van der Waals surface area contributed by atoms with E-state index in [1.807, 2.05) is 0 Å². The molecule has 1 aromatic carbocycles. The van der Waals surface area contributed by atoms with E-state index in [0.717, 1.165) is 12.8 Å². The number of methoxy groups -OCH3 is 1. The number of amides is 1. The Labute approximate surface area is 145 Å². The van der Waals surface area contributed by atoms with Crippen molar-refractivity contribution in [2.24, 2.45) is 5.41 Å². The average Bonchev–Trinajstić information content (AvgIpc) is 2.58.